The van der Waals surface area contributed by atoms with Crippen LogP contribution in [0.2, 0.25) is 5.15 Å². The third-order valence-corrected chi connectivity index (χ3v) is 4.60. The molecule has 0 unspecified atom stereocenters. The highest BCUT2D eigenvalue weighted by atomic mass is 35.5. The van der Waals surface area contributed by atoms with E-state index in [2.05, 4.69) is 20.8 Å². The number of ether oxygens (including phenoxy) is 2. The maximum atomic E-state index is 12.0. The molecule has 8 nitrogen and oxygen atoms in total. The molecule has 1 aliphatic carbocycles. The number of esters is 1. The van der Waals surface area contributed by atoms with Gasteiger partial charge in [0.15, 0.2) is 11.0 Å². The molecule has 0 bridgehead atoms. The van der Waals surface area contributed by atoms with Crippen LogP contribution < -0.4 is 10.9 Å². The number of carbonyl (C=O) groups is 2. The molecule has 1 aromatic carbocycles. The normalized spacial score (nSPS) is 14.0. The molecular weight excluding hydrogens is 360 g/mol. The number of methoxy groups -OCH3 is 2. The van der Waals surface area contributed by atoms with Gasteiger partial charge in [0.2, 0.25) is 5.91 Å². The van der Waals surface area contributed by atoms with Crippen LogP contribution in [0.4, 0.5) is 5.82 Å². The zero-order valence-electron chi connectivity index (χ0n) is 14.5. The molecule has 1 amide bonds. The lowest BCUT2D eigenvalue weighted by Crippen LogP contribution is -2.38. The van der Waals surface area contributed by atoms with Crippen LogP contribution in [-0.4, -0.2) is 36.1 Å². The highest BCUT2D eigenvalue weighted by Crippen LogP contribution is 2.27. The van der Waals surface area contributed by atoms with E-state index in [1.54, 1.807) is 12.1 Å². The van der Waals surface area contributed by atoms with Crippen molar-refractivity contribution in [2.45, 2.75) is 25.9 Å². The molecule has 0 saturated heterocycles. The minimum atomic E-state index is -0.494. The number of aromatic nitrogens is 2. The number of hydrogen-bond acceptors (Lipinski definition) is 7. The van der Waals surface area contributed by atoms with Gasteiger partial charge in [-0.25, -0.2) is 14.8 Å². The summed E-state index contributed by atoms with van der Waals surface area (Å²) in [5.74, 6) is -0.311. The van der Waals surface area contributed by atoms with Gasteiger partial charge < -0.3 is 9.47 Å². The Morgan fingerprint density at radius 2 is 1.96 bits per heavy atom. The quantitative estimate of drug-likeness (QED) is 0.588. The SMILES string of the molecule is COCc1cc2nc(NNC(=O)C3CCC3)c(Cl)nc2cc1C(=O)OC. The second kappa shape index (κ2) is 7.84. The zero-order valence-corrected chi connectivity index (χ0v) is 15.2. The molecule has 0 radical (unpaired) electrons. The Hall–Kier alpha value is -2.45. The number of amides is 1. The Kier molecular flexibility index (Phi) is 5.53. The first-order valence-electron chi connectivity index (χ1n) is 8.16. The molecule has 0 spiro atoms. The Bertz CT molecular complexity index is 854. The van der Waals surface area contributed by atoms with E-state index in [9.17, 15) is 9.59 Å². The van der Waals surface area contributed by atoms with Crippen molar-refractivity contribution in [2.24, 2.45) is 5.92 Å². The van der Waals surface area contributed by atoms with Gasteiger partial charge >= 0.3 is 5.97 Å². The number of anilines is 1. The average molecular weight is 379 g/mol. The summed E-state index contributed by atoms with van der Waals surface area (Å²) < 4.78 is 9.93. The molecule has 1 aliphatic rings. The highest BCUT2D eigenvalue weighted by Gasteiger charge is 2.25. The van der Waals surface area contributed by atoms with Crippen LogP contribution in [0.15, 0.2) is 12.1 Å². The van der Waals surface area contributed by atoms with E-state index in [0.29, 0.717) is 22.2 Å². The smallest absolute Gasteiger partial charge is 0.338 e. The molecular formula is C17H19ClN4O4. The summed E-state index contributed by atoms with van der Waals surface area (Å²) in [4.78, 5) is 32.5. The summed E-state index contributed by atoms with van der Waals surface area (Å²) in [6, 6.07) is 3.25. The Morgan fingerprint density at radius 3 is 2.58 bits per heavy atom. The molecule has 0 aliphatic heterocycles. The van der Waals surface area contributed by atoms with Crippen molar-refractivity contribution >= 4 is 40.3 Å². The summed E-state index contributed by atoms with van der Waals surface area (Å²) in [6.07, 6.45) is 2.85. The van der Waals surface area contributed by atoms with Crippen molar-refractivity contribution in [3.8, 4) is 0 Å². The van der Waals surface area contributed by atoms with Crippen LogP contribution in [0.5, 0.6) is 0 Å². The van der Waals surface area contributed by atoms with E-state index < -0.39 is 5.97 Å². The van der Waals surface area contributed by atoms with Gasteiger partial charge in [-0.05, 0) is 30.5 Å². The third kappa shape index (κ3) is 3.71. The number of carbonyl (C=O) groups excluding carboxylic acids is 2. The number of halogens is 1. The fraction of sp³-hybridized carbons (Fsp3) is 0.412. The first kappa shape index (κ1) is 18.3. The lowest BCUT2D eigenvalue weighted by molar-refractivity contribution is -0.126. The molecule has 1 fully saturated rings. The topological polar surface area (TPSA) is 102 Å². The predicted molar refractivity (Wildman–Crippen MR) is 95.7 cm³/mol. The van der Waals surface area contributed by atoms with Crippen molar-refractivity contribution in [3.05, 3.63) is 28.4 Å². The number of hydrogen-bond donors (Lipinski definition) is 2. The van der Waals surface area contributed by atoms with Gasteiger partial charge in [0, 0.05) is 13.0 Å². The predicted octanol–water partition coefficient (Wildman–Crippen LogP) is 2.46. The summed E-state index contributed by atoms with van der Waals surface area (Å²) in [6.45, 7) is 0.214. The lowest BCUT2D eigenvalue weighted by Gasteiger charge is -2.24. The van der Waals surface area contributed by atoms with Gasteiger partial charge in [0.05, 0.1) is 30.3 Å². The van der Waals surface area contributed by atoms with Crippen molar-refractivity contribution in [1.29, 1.82) is 0 Å². The van der Waals surface area contributed by atoms with Gasteiger partial charge in [-0.2, -0.15) is 0 Å². The standard InChI is InChI=1S/C17H19ClN4O4/c1-25-8-10-6-12-13(7-11(10)17(24)26-2)19-14(18)15(20-12)21-22-16(23)9-4-3-5-9/h6-7,9H,3-5,8H2,1-2H3,(H,20,21)(H,22,23). The lowest BCUT2D eigenvalue weighted by atomic mass is 9.85. The maximum absolute atomic E-state index is 12.0. The number of nitrogens with one attached hydrogen (secondary N) is 2. The molecule has 138 valence electrons. The number of benzene rings is 1. The molecule has 9 heteroatoms. The van der Waals surface area contributed by atoms with E-state index in [1.807, 2.05) is 0 Å². The van der Waals surface area contributed by atoms with Gasteiger partial charge in [0.25, 0.3) is 0 Å². The monoisotopic (exact) mass is 378 g/mol. The first-order valence-corrected chi connectivity index (χ1v) is 8.54. The molecule has 3 rings (SSSR count). The van der Waals surface area contributed by atoms with Crippen LogP contribution >= 0.6 is 11.6 Å². The summed E-state index contributed by atoms with van der Waals surface area (Å²) in [5.41, 5.74) is 7.24. The van der Waals surface area contributed by atoms with Crippen molar-refractivity contribution in [1.82, 2.24) is 15.4 Å². The summed E-state index contributed by atoms with van der Waals surface area (Å²) in [7, 11) is 2.83. The molecule has 2 aromatic rings. The maximum Gasteiger partial charge on any atom is 0.338 e. The van der Waals surface area contributed by atoms with Crippen LogP contribution in [0.25, 0.3) is 11.0 Å². The Balaban J connectivity index is 1.90. The van der Waals surface area contributed by atoms with E-state index in [-0.39, 0.29) is 29.4 Å². The minimum absolute atomic E-state index is 0.0330. The molecule has 26 heavy (non-hydrogen) atoms. The number of hydrazine groups is 1. The largest absolute Gasteiger partial charge is 0.465 e. The number of rotatable bonds is 6. The van der Waals surface area contributed by atoms with Gasteiger partial charge in [-0.1, -0.05) is 18.0 Å². The van der Waals surface area contributed by atoms with E-state index in [0.717, 1.165) is 19.3 Å². The van der Waals surface area contributed by atoms with E-state index in [1.165, 1.54) is 14.2 Å². The minimum Gasteiger partial charge on any atom is -0.465 e. The summed E-state index contributed by atoms with van der Waals surface area (Å²) in [5, 5.41) is 0.0849. The van der Waals surface area contributed by atoms with E-state index in [4.69, 9.17) is 21.1 Å². The molecule has 0 atom stereocenters. The molecule has 2 N–H and O–H groups in total. The molecule has 1 heterocycles. The molecule has 1 aromatic heterocycles. The van der Waals surface area contributed by atoms with Crippen LogP contribution in [0.3, 0.4) is 0 Å². The fourth-order valence-corrected chi connectivity index (χ4v) is 2.85. The second-order valence-electron chi connectivity index (χ2n) is 6.03. The van der Waals surface area contributed by atoms with Crippen molar-refractivity contribution < 1.29 is 19.1 Å². The van der Waals surface area contributed by atoms with Crippen LogP contribution in [0, 0.1) is 5.92 Å². The highest BCUT2D eigenvalue weighted by molar-refractivity contribution is 6.32. The zero-order chi connectivity index (χ0) is 18.7. The Morgan fingerprint density at radius 1 is 1.23 bits per heavy atom. The third-order valence-electron chi connectivity index (χ3n) is 4.33. The van der Waals surface area contributed by atoms with Gasteiger partial charge in [-0.3, -0.25) is 15.6 Å². The van der Waals surface area contributed by atoms with Gasteiger partial charge in [-0.15, -0.1) is 0 Å². The number of nitrogens with zero attached hydrogens (tertiary/aromatic N) is 2. The van der Waals surface area contributed by atoms with Gasteiger partial charge in [0.1, 0.15) is 0 Å². The average Bonchev–Trinajstić information content (AvgIpc) is 2.57. The summed E-state index contributed by atoms with van der Waals surface area (Å²) >= 11 is 6.15. The second-order valence-corrected chi connectivity index (χ2v) is 6.39. The van der Waals surface area contributed by atoms with Crippen LogP contribution in [-0.2, 0) is 20.9 Å². The van der Waals surface area contributed by atoms with Crippen molar-refractivity contribution in [3.63, 3.8) is 0 Å². The van der Waals surface area contributed by atoms with Crippen molar-refractivity contribution in [2.75, 3.05) is 19.6 Å². The van der Waals surface area contributed by atoms with Crippen LogP contribution in [0.1, 0.15) is 35.2 Å². The Labute approximate surface area is 155 Å². The molecule has 1 saturated carbocycles. The first-order chi connectivity index (χ1) is 12.5. The van der Waals surface area contributed by atoms with E-state index >= 15 is 0 Å². The fourth-order valence-electron chi connectivity index (χ4n) is 2.67. The number of fused-ring (bicyclic) bond motifs is 1.